The summed E-state index contributed by atoms with van der Waals surface area (Å²) in [5.41, 5.74) is 2.05. The van der Waals surface area contributed by atoms with Crippen molar-refractivity contribution >= 4 is 17.4 Å². The Morgan fingerprint density at radius 3 is 2.53 bits per heavy atom. The highest BCUT2D eigenvalue weighted by Crippen LogP contribution is 2.44. The van der Waals surface area contributed by atoms with Gasteiger partial charge in [-0.1, -0.05) is 13.8 Å². The first kappa shape index (κ1) is 25.6. The Morgan fingerprint density at radius 1 is 1.11 bits per heavy atom. The van der Waals surface area contributed by atoms with Gasteiger partial charge >= 0.3 is 0 Å². The molecule has 2 atom stereocenters. The molecule has 0 aliphatic carbocycles. The third-order valence-corrected chi connectivity index (χ3v) is 6.99. The summed E-state index contributed by atoms with van der Waals surface area (Å²) in [6.07, 6.45) is 0.756. The van der Waals surface area contributed by atoms with Crippen LogP contribution in [0.15, 0.2) is 42.0 Å². The van der Waals surface area contributed by atoms with Crippen molar-refractivity contribution in [1.82, 2.24) is 9.80 Å². The molecule has 192 valence electrons. The van der Waals surface area contributed by atoms with Gasteiger partial charge in [-0.2, -0.15) is 0 Å². The molecule has 0 saturated carbocycles. The zero-order valence-electron chi connectivity index (χ0n) is 21.5. The minimum Gasteiger partial charge on any atom is -0.507 e. The zero-order chi connectivity index (χ0) is 26.0. The second kappa shape index (κ2) is 10.6. The Hall–Kier alpha value is -3.52. The largest absolute Gasteiger partial charge is 0.507 e. The Labute approximate surface area is 212 Å². The van der Waals surface area contributed by atoms with Crippen LogP contribution in [0.3, 0.4) is 0 Å². The molecule has 0 radical (unpaired) electrons. The van der Waals surface area contributed by atoms with Crippen LogP contribution >= 0.6 is 0 Å². The summed E-state index contributed by atoms with van der Waals surface area (Å²) in [7, 11) is 3.09. The van der Waals surface area contributed by atoms with E-state index < -0.39 is 17.7 Å². The minimum atomic E-state index is -0.825. The quantitative estimate of drug-likeness (QED) is 0.322. The van der Waals surface area contributed by atoms with E-state index in [0.717, 1.165) is 24.4 Å². The molecule has 36 heavy (non-hydrogen) atoms. The predicted octanol–water partition coefficient (Wildman–Crippen LogP) is 3.79. The fourth-order valence-corrected chi connectivity index (χ4v) is 5.00. The molecule has 8 heteroatoms. The third kappa shape index (κ3) is 4.65. The molecular weight excluding hydrogens is 460 g/mol. The number of carbonyl (C=O) groups excluding carboxylic acids is 2. The molecule has 2 aromatic carbocycles. The summed E-state index contributed by atoms with van der Waals surface area (Å²) in [6, 6.07) is 9.77. The van der Waals surface area contributed by atoms with Crippen LogP contribution < -0.4 is 14.2 Å². The van der Waals surface area contributed by atoms with Crippen LogP contribution in [0.2, 0.25) is 0 Å². The van der Waals surface area contributed by atoms with E-state index in [-0.39, 0.29) is 17.4 Å². The third-order valence-electron chi connectivity index (χ3n) is 6.99. The number of fused-ring (bicyclic) bond motifs is 1. The van der Waals surface area contributed by atoms with Crippen molar-refractivity contribution < 1.29 is 28.9 Å². The van der Waals surface area contributed by atoms with E-state index in [0.29, 0.717) is 42.1 Å². The number of benzene rings is 2. The summed E-state index contributed by atoms with van der Waals surface area (Å²) in [5, 5.41) is 11.5. The lowest BCUT2D eigenvalue weighted by molar-refractivity contribution is -0.140. The molecule has 2 aromatic rings. The van der Waals surface area contributed by atoms with Gasteiger partial charge in [-0.25, -0.2) is 0 Å². The summed E-state index contributed by atoms with van der Waals surface area (Å²) < 4.78 is 16.8. The number of likely N-dealkylation sites (tertiary alicyclic amines) is 1. The number of ether oxygens (including phenoxy) is 3. The average molecular weight is 495 g/mol. The van der Waals surface area contributed by atoms with Gasteiger partial charge < -0.3 is 29.1 Å². The monoisotopic (exact) mass is 494 g/mol. The molecule has 1 fully saturated rings. The SMILES string of the molecule is CCN(CC)CCN1C(=O)C(=O)/C(=C(/O)c2ccc3c(c2)CC(C)O3)C1c1cc(OC)ccc1OC. The number of carbonyl (C=O) groups is 2. The van der Waals surface area contributed by atoms with Gasteiger partial charge in [0.25, 0.3) is 11.7 Å². The highest BCUT2D eigenvalue weighted by molar-refractivity contribution is 6.46. The number of rotatable bonds is 9. The summed E-state index contributed by atoms with van der Waals surface area (Å²) in [5.74, 6) is 0.255. The van der Waals surface area contributed by atoms with Gasteiger partial charge in [-0.3, -0.25) is 9.59 Å². The molecule has 2 heterocycles. The molecule has 0 spiro atoms. The lowest BCUT2D eigenvalue weighted by atomic mass is 9.93. The average Bonchev–Trinajstić information content (AvgIpc) is 3.39. The molecule has 2 unspecified atom stereocenters. The molecule has 2 aliphatic rings. The van der Waals surface area contributed by atoms with E-state index in [1.807, 2.05) is 13.0 Å². The first-order chi connectivity index (χ1) is 17.3. The molecule has 8 nitrogen and oxygen atoms in total. The summed E-state index contributed by atoms with van der Waals surface area (Å²) in [6.45, 7) is 8.65. The second-order valence-corrected chi connectivity index (χ2v) is 9.08. The zero-order valence-corrected chi connectivity index (χ0v) is 21.5. The van der Waals surface area contributed by atoms with Crippen LogP contribution in [0.5, 0.6) is 17.2 Å². The van der Waals surface area contributed by atoms with Gasteiger partial charge in [-0.15, -0.1) is 0 Å². The normalized spacial score (nSPS) is 20.6. The van der Waals surface area contributed by atoms with E-state index in [1.54, 1.807) is 37.4 Å². The molecule has 1 amide bonds. The van der Waals surface area contributed by atoms with E-state index >= 15 is 0 Å². The molecular formula is C28H34N2O6. The molecule has 0 aromatic heterocycles. The van der Waals surface area contributed by atoms with Crippen LogP contribution in [-0.2, 0) is 16.0 Å². The highest BCUT2D eigenvalue weighted by Gasteiger charge is 2.47. The Morgan fingerprint density at radius 2 is 1.86 bits per heavy atom. The van der Waals surface area contributed by atoms with Gasteiger partial charge in [0.2, 0.25) is 0 Å². The number of hydrogen-bond donors (Lipinski definition) is 1. The Kier molecular flexibility index (Phi) is 7.54. The number of aliphatic hydroxyl groups excluding tert-OH is 1. The molecule has 1 saturated heterocycles. The van der Waals surface area contributed by atoms with Crippen LogP contribution in [0, 0.1) is 0 Å². The molecule has 2 aliphatic heterocycles. The summed E-state index contributed by atoms with van der Waals surface area (Å²) in [4.78, 5) is 30.5. The van der Waals surface area contributed by atoms with E-state index in [9.17, 15) is 14.7 Å². The van der Waals surface area contributed by atoms with Crippen LogP contribution in [0.25, 0.3) is 5.76 Å². The predicted molar refractivity (Wildman–Crippen MR) is 137 cm³/mol. The number of ketones is 1. The Balaban J connectivity index is 1.86. The van der Waals surface area contributed by atoms with Crippen molar-refractivity contribution in [3.63, 3.8) is 0 Å². The summed E-state index contributed by atoms with van der Waals surface area (Å²) >= 11 is 0. The lowest BCUT2D eigenvalue weighted by Gasteiger charge is -2.29. The Bertz CT molecular complexity index is 1190. The molecule has 1 N–H and O–H groups in total. The number of methoxy groups -OCH3 is 2. The highest BCUT2D eigenvalue weighted by atomic mass is 16.5. The number of hydrogen-bond acceptors (Lipinski definition) is 7. The first-order valence-corrected chi connectivity index (χ1v) is 12.3. The van der Waals surface area contributed by atoms with Crippen molar-refractivity contribution in [2.75, 3.05) is 40.4 Å². The van der Waals surface area contributed by atoms with Gasteiger partial charge in [0.05, 0.1) is 25.8 Å². The maximum Gasteiger partial charge on any atom is 0.295 e. The lowest BCUT2D eigenvalue weighted by Crippen LogP contribution is -2.38. The van der Waals surface area contributed by atoms with Crippen LogP contribution in [0.4, 0.5) is 0 Å². The van der Waals surface area contributed by atoms with E-state index in [2.05, 4.69) is 18.7 Å². The van der Waals surface area contributed by atoms with Crippen molar-refractivity contribution in [2.45, 2.75) is 39.3 Å². The molecule has 4 rings (SSSR count). The number of nitrogens with zero attached hydrogens (tertiary/aromatic N) is 2. The first-order valence-electron chi connectivity index (χ1n) is 12.3. The van der Waals surface area contributed by atoms with Gasteiger partial charge in [0, 0.05) is 30.6 Å². The fourth-order valence-electron chi connectivity index (χ4n) is 5.00. The number of Topliss-reactive ketones (excluding diaryl/α,β-unsaturated/α-hetero) is 1. The van der Waals surface area contributed by atoms with Gasteiger partial charge in [0.15, 0.2) is 0 Å². The van der Waals surface area contributed by atoms with Crippen molar-refractivity contribution in [3.05, 3.63) is 58.7 Å². The standard InChI is InChI=1S/C28H34N2O6/c1-6-29(7-2)12-13-30-25(21-16-20(34-4)9-11-23(21)35-5)24(27(32)28(30)33)26(31)18-8-10-22-19(15-18)14-17(3)36-22/h8-11,15-17,25,31H,6-7,12-14H2,1-5H3/b26-24+. The maximum atomic E-state index is 13.4. The van der Waals surface area contributed by atoms with Crippen molar-refractivity contribution in [1.29, 1.82) is 0 Å². The topological polar surface area (TPSA) is 88.5 Å². The smallest absolute Gasteiger partial charge is 0.295 e. The van der Waals surface area contributed by atoms with Crippen molar-refractivity contribution in [3.8, 4) is 17.2 Å². The number of likely N-dealkylation sites (N-methyl/N-ethyl adjacent to an activating group) is 1. The number of aliphatic hydroxyl groups is 1. The fraction of sp³-hybridized carbons (Fsp3) is 0.429. The van der Waals surface area contributed by atoms with E-state index in [4.69, 9.17) is 14.2 Å². The van der Waals surface area contributed by atoms with Crippen LogP contribution in [0.1, 0.15) is 43.5 Å². The minimum absolute atomic E-state index is 0.0398. The van der Waals surface area contributed by atoms with Crippen molar-refractivity contribution in [2.24, 2.45) is 0 Å². The second-order valence-electron chi connectivity index (χ2n) is 9.08. The van der Waals surface area contributed by atoms with Crippen LogP contribution in [-0.4, -0.2) is 73.1 Å². The van der Waals surface area contributed by atoms with Gasteiger partial charge in [-0.05, 0) is 62.0 Å². The maximum absolute atomic E-state index is 13.4. The number of amides is 1. The van der Waals surface area contributed by atoms with Gasteiger partial charge in [0.1, 0.15) is 29.1 Å². The molecule has 0 bridgehead atoms. The van der Waals surface area contributed by atoms with E-state index in [1.165, 1.54) is 12.0 Å².